The zero-order valence-corrected chi connectivity index (χ0v) is 12.0. The molecule has 0 aliphatic carbocycles. The van der Waals surface area contributed by atoms with Gasteiger partial charge in [0.25, 0.3) is 5.91 Å². The van der Waals surface area contributed by atoms with Gasteiger partial charge in [-0.25, -0.2) is 4.39 Å². The molecule has 3 rings (SSSR count). The number of halogens is 2. The highest BCUT2D eigenvalue weighted by Crippen LogP contribution is 2.37. The average molecular weight is 302 g/mol. The minimum atomic E-state index is -0.373. The minimum Gasteiger partial charge on any atom is -0.307 e. The minimum absolute atomic E-state index is 0.179. The molecule has 1 heterocycles. The van der Waals surface area contributed by atoms with Crippen LogP contribution in [0.2, 0.25) is 0 Å². The summed E-state index contributed by atoms with van der Waals surface area (Å²) in [6.45, 7) is 0.537. The van der Waals surface area contributed by atoms with Crippen LogP contribution in [-0.2, 0) is 11.2 Å². The van der Waals surface area contributed by atoms with Crippen LogP contribution in [0.1, 0.15) is 11.1 Å². The van der Waals surface area contributed by atoms with E-state index >= 15 is 0 Å². The number of anilines is 1. The third-order valence-corrected chi connectivity index (χ3v) is 3.81. The van der Waals surface area contributed by atoms with E-state index in [1.165, 1.54) is 17.7 Å². The molecule has 0 saturated heterocycles. The number of carbonyl (C=O) groups is 1. The molecule has 1 aliphatic heterocycles. The lowest BCUT2D eigenvalue weighted by molar-refractivity contribution is -0.113. The monoisotopic (exact) mass is 301 g/mol. The molecule has 0 saturated carbocycles. The fourth-order valence-corrected chi connectivity index (χ4v) is 2.75. The van der Waals surface area contributed by atoms with E-state index in [1.807, 2.05) is 30.3 Å². The third-order valence-electron chi connectivity index (χ3n) is 3.59. The number of benzene rings is 2. The van der Waals surface area contributed by atoms with Crippen LogP contribution in [0.5, 0.6) is 0 Å². The molecule has 0 aromatic heterocycles. The molecule has 21 heavy (non-hydrogen) atoms. The number of hydrogen-bond acceptors (Lipinski definition) is 1. The Labute approximate surface area is 127 Å². The van der Waals surface area contributed by atoms with Gasteiger partial charge in [-0.15, -0.1) is 0 Å². The van der Waals surface area contributed by atoms with Crippen molar-refractivity contribution >= 4 is 28.8 Å². The van der Waals surface area contributed by atoms with Crippen molar-refractivity contribution in [2.24, 2.45) is 0 Å². The molecule has 0 spiro atoms. The molecule has 106 valence electrons. The first-order valence-electron chi connectivity index (χ1n) is 6.67. The molecule has 0 atom stereocenters. The van der Waals surface area contributed by atoms with Crippen LogP contribution in [-0.4, -0.2) is 12.5 Å². The first kappa shape index (κ1) is 13.8. The van der Waals surface area contributed by atoms with Gasteiger partial charge in [0, 0.05) is 17.6 Å². The number of nitrogens with zero attached hydrogens (tertiary/aromatic N) is 1. The topological polar surface area (TPSA) is 20.3 Å². The molecule has 0 N–H and O–H groups in total. The van der Waals surface area contributed by atoms with E-state index in [1.54, 1.807) is 11.0 Å². The summed E-state index contributed by atoms with van der Waals surface area (Å²) >= 11 is 5.73. The van der Waals surface area contributed by atoms with Crippen molar-refractivity contribution in [3.63, 3.8) is 0 Å². The van der Waals surface area contributed by atoms with Crippen molar-refractivity contribution in [1.29, 1.82) is 0 Å². The highest BCUT2D eigenvalue weighted by Gasteiger charge is 2.32. The number of carbonyl (C=O) groups excluding carboxylic acids is 1. The van der Waals surface area contributed by atoms with Crippen molar-refractivity contribution in [3.8, 4) is 0 Å². The van der Waals surface area contributed by atoms with Crippen LogP contribution >= 0.6 is 11.6 Å². The fraction of sp³-hybridized carbons (Fsp3) is 0.118. The molecule has 1 amide bonds. The second-order valence-corrected chi connectivity index (χ2v) is 5.09. The lowest BCUT2D eigenvalue weighted by Gasteiger charge is -2.17. The van der Waals surface area contributed by atoms with Gasteiger partial charge >= 0.3 is 0 Å². The van der Waals surface area contributed by atoms with Gasteiger partial charge in [-0.2, -0.15) is 0 Å². The lowest BCUT2D eigenvalue weighted by Crippen LogP contribution is -2.28. The van der Waals surface area contributed by atoms with Crippen molar-refractivity contribution in [3.05, 3.63) is 71.0 Å². The fourth-order valence-electron chi connectivity index (χ4n) is 2.54. The molecular formula is C17H13ClFNO. The zero-order valence-electron chi connectivity index (χ0n) is 11.2. The molecule has 0 radical (unpaired) electrons. The number of amides is 1. The maximum Gasteiger partial charge on any atom is 0.259 e. The molecule has 1 aliphatic rings. The van der Waals surface area contributed by atoms with Gasteiger partial charge in [-0.3, -0.25) is 4.79 Å². The quantitative estimate of drug-likeness (QED) is 0.785. The average Bonchev–Trinajstić information content (AvgIpc) is 2.76. The highest BCUT2D eigenvalue weighted by atomic mass is 35.5. The van der Waals surface area contributed by atoms with Crippen LogP contribution in [0.25, 0.3) is 5.57 Å². The summed E-state index contributed by atoms with van der Waals surface area (Å²) in [4.78, 5) is 14.0. The number of fused-ring (bicyclic) bond motifs is 1. The molecule has 0 unspecified atom stereocenters. The zero-order chi connectivity index (χ0) is 14.8. The van der Waals surface area contributed by atoms with Crippen LogP contribution in [0.4, 0.5) is 10.1 Å². The first-order valence-corrected chi connectivity index (χ1v) is 7.10. The second kappa shape index (κ2) is 5.70. The normalized spacial score (nSPS) is 15.6. The van der Waals surface area contributed by atoms with Crippen LogP contribution in [0.3, 0.4) is 0 Å². The van der Waals surface area contributed by atoms with Crippen LogP contribution in [0.15, 0.2) is 54.1 Å². The molecule has 2 nitrogen and oxygen atoms in total. The molecule has 0 fully saturated rings. The van der Waals surface area contributed by atoms with E-state index in [0.717, 1.165) is 12.0 Å². The van der Waals surface area contributed by atoms with Gasteiger partial charge in [-0.05, 0) is 30.2 Å². The lowest BCUT2D eigenvalue weighted by atomic mass is 10.1. The Morgan fingerprint density at radius 1 is 1.14 bits per heavy atom. The number of rotatable bonds is 3. The van der Waals surface area contributed by atoms with Gasteiger partial charge in [0.1, 0.15) is 5.82 Å². The standard InChI is InChI=1S/C17H13ClFNO/c18-11-15-14-10-13(19)6-7-16(14)20(17(15)21)9-8-12-4-2-1-3-5-12/h1-7,10-11H,8-9H2/b15-11+. The Balaban J connectivity index is 1.88. The molecule has 0 bridgehead atoms. The van der Waals surface area contributed by atoms with Gasteiger partial charge in [0.05, 0.1) is 11.3 Å². The van der Waals surface area contributed by atoms with Crippen LogP contribution < -0.4 is 4.90 Å². The predicted octanol–water partition coefficient (Wildman–Crippen LogP) is 3.99. The van der Waals surface area contributed by atoms with E-state index in [9.17, 15) is 9.18 Å². The Morgan fingerprint density at radius 3 is 2.62 bits per heavy atom. The Morgan fingerprint density at radius 2 is 1.90 bits per heavy atom. The van der Waals surface area contributed by atoms with E-state index in [0.29, 0.717) is 23.4 Å². The summed E-state index contributed by atoms with van der Waals surface area (Å²) in [7, 11) is 0. The van der Waals surface area contributed by atoms with E-state index in [2.05, 4.69) is 0 Å². The first-order chi connectivity index (χ1) is 10.2. The van der Waals surface area contributed by atoms with Crippen molar-refractivity contribution in [2.75, 3.05) is 11.4 Å². The van der Waals surface area contributed by atoms with Gasteiger partial charge in [0.15, 0.2) is 0 Å². The predicted molar refractivity (Wildman–Crippen MR) is 82.7 cm³/mol. The van der Waals surface area contributed by atoms with Gasteiger partial charge in [-0.1, -0.05) is 41.9 Å². The van der Waals surface area contributed by atoms with Crippen molar-refractivity contribution in [1.82, 2.24) is 0 Å². The van der Waals surface area contributed by atoms with Crippen molar-refractivity contribution in [2.45, 2.75) is 6.42 Å². The summed E-state index contributed by atoms with van der Waals surface area (Å²) in [6, 6.07) is 14.3. The maximum absolute atomic E-state index is 13.4. The van der Waals surface area contributed by atoms with E-state index < -0.39 is 0 Å². The Kier molecular flexibility index (Phi) is 3.76. The van der Waals surface area contributed by atoms with Crippen LogP contribution in [0, 0.1) is 5.82 Å². The maximum atomic E-state index is 13.4. The summed E-state index contributed by atoms with van der Waals surface area (Å²) in [5.74, 6) is -0.552. The third kappa shape index (κ3) is 2.57. The largest absolute Gasteiger partial charge is 0.307 e. The molecule has 4 heteroatoms. The van der Waals surface area contributed by atoms with Crippen molar-refractivity contribution < 1.29 is 9.18 Å². The second-order valence-electron chi connectivity index (χ2n) is 4.88. The molecule has 2 aromatic carbocycles. The Bertz CT molecular complexity index is 712. The summed E-state index contributed by atoms with van der Waals surface area (Å²) in [5.41, 5.74) is 3.99. The van der Waals surface area contributed by atoms with Gasteiger partial charge in [0.2, 0.25) is 0 Å². The van der Waals surface area contributed by atoms with E-state index in [4.69, 9.17) is 11.6 Å². The number of hydrogen-bond donors (Lipinski definition) is 0. The molecular weight excluding hydrogens is 289 g/mol. The summed E-state index contributed by atoms with van der Waals surface area (Å²) in [6.07, 6.45) is 0.735. The summed E-state index contributed by atoms with van der Waals surface area (Å²) < 4.78 is 13.4. The van der Waals surface area contributed by atoms with Gasteiger partial charge < -0.3 is 4.90 Å². The highest BCUT2D eigenvalue weighted by molar-refractivity contribution is 6.41. The Hall–Kier alpha value is -2.13. The van der Waals surface area contributed by atoms with E-state index in [-0.39, 0.29) is 11.7 Å². The molecule has 2 aromatic rings. The SMILES string of the molecule is O=C1/C(=C/Cl)c2cc(F)ccc2N1CCc1ccccc1. The summed E-state index contributed by atoms with van der Waals surface area (Å²) in [5, 5.41) is 0. The smallest absolute Gasteiger partial charge is 0.259 e.